The zero-order valence-corrected chi connectivity index (χ0v) is 13.1. The standard InChI is InChI=1S/C14H14N2O3S2/c1-15-10-4-2-3-5-11(10)21-13(15)6-14-16(8-19-9-17)12(18)7-20-14/h2-6,9,13H,7-8H2,1H3/p+1/b14-6-. The summed E-state index contributed by atoms with van der Waals surface area (Å²) < 4.78 is 4.73. The van der Waals surface area contributed by atoms with Gasteiger partial charge in [-0.2, -0.15) is 0 Å². The lowest BCUT2D eigenvalue weighted by atomic mass is 10.3. The SMILES string of the molecule is C[NH+]1c2ccccc2SC1/C=C1\SCC(=O)N1COC=O. The lowest BCUT2D eigenvalue weighted by Crippen LogP contribution is -3.05. The molecule has 0 bridgehead atoms. The van der Waals surface area contributed by atoms with Crippen LogP contribution in [0.15, 0.2) is 40.3 Å². The molecule has 0 radical (unpaired) electrons. The van der Waals surface area contributed by atoms with Crippen molar-refractivity contribution in [3.63, 3.8) is 0 Å². The number of fused-ring (bicyclic) bond motifs is 1. The van der Waals surface area contributed by atoms with Crippen LogP contribution in [0, 0.1) is 0 Å². The van der Waals surface area contributed by atoms with Gasteiger partial charge in [0.05, 0.1) is 22.7 Å². The third-order valence-corrected chi connectivity index (χ3v) is 5.87. The Balaban J connectivity index is 1.79. The summed E-state index contributed by atoms with van der Waals surface area (Å²) in [6.45, 7) is 0.357. The Morgan fingerprint density at radius 2 is 2.29 bits per heavy atom. The van der Waals surface area contributed by atoms with Crippen LogP contribution in [0.1, 0.15) is 0 Å². The van der Waals surface area contributed by atoms with Crippen LogP contribution in [-0.2, 0) is 14.3 Å². The van der Waals surface area contributed by atoms with Crippen molar-refractivity contribution in [2.24, 2.45) is 0 Å². The molecule has 1 fully saturated rings. The van der Waals surface area contributed by atoms with E-state index >= 15 is 0 Å². The van der Waals surface area contributed by atoms with Crippen molar-refractivity contribution in [2.75, 3.05) is 19.5 Å². The smallest absolute Gasteiger partial charge is 0.294 e. The van der Waals surface area contributed by atoms with Crippen molar-refractivity contribution in [1.82, 2.24) is 4.90 Å². The number of nitrogens with zero attached hydrogens (tertiary/aromatic N) is 1. The quantitative estimate of drug-likeness (QED) is 0.831. The molecular weight excluding hydrogens is 308 g/mol. The Morgan fingerprint density at radius 1 is 1.48 bits per heavy atom. The molecule has 5 nitrogen and oxygen atoms in total. The van der Waals surface area contributed by atoms with E-state index in [9.17, 15) is 9.59 Å². The van der Waals surface area contributed by atoms with Gasteiger partial charge in [0.15, 0.2) is 12.1 Å². The molecule has 2 aliphatic rings. The Bertz CT molecular complexity index is 606. The molecule has 2 aliphatic heterocycles. The summed E-state index contributed by atoms with van der Waals surface area (Å²) in [5.41, 5.74) is 1.27. The van der Waals surface area contributed by atoms with Crippen molar-refractivity contribution in [1.29, 1.82) is 0 Å². The first-order chi connectivity index (χ1) is 10.2. The van der Waals surface area contributed by atoms with Gasteiger partial charge in [0, 0.05) is 12.1 Å². The van der Waals surface area contributed by atoms with Gasteiger partial charge in [0.25, 0.3) is 6.47 Å². The van der Waals surface area contributed by atoms with E-state index in [1.54, 1.807) is 11.8 Å². The molecule has 2 heterocycles. The third-order valence-electron chi connectivity index (χ3n) is 3.47. The number of hydrogen-bond donors (Lipinski definition) is 1. The van der Waals surface area contributed by atoms with E-state index in [1.165, 1.54) is 32.1 Å². The highest BCUT2D eigenvalue weighted by Gasteiger charge is 2.34. The average molecular weight is 323 g/mol. The first-order valence-corrected chi connectivity index (χ1v) is 8.37. The molecule has 0 spiro atoms. The van der Waals surface area contributed by atoms with Crippen LogP contribution in [0.5, 0.6) is 0 Å². The largest absolute Gasteiger partial charge is 0.446 e. The molecule has 7 heteroatoms. The monoisotopic (exact) mass is 323 g/mol. The van der Waals surface area contributed by atoms with Crippen LogP contribution in [-0.4, -0.2) is 42.2 Å². The molecular formula is C14H15N2O3S2+. The maximum atomic E-state index is 11.8. The summed E-state index contributed by atoms with van der Waals surface area (Å²) in [6.07, 6.45) is 2.09. The first-order valence-electron chi connectivity index (χ1n) is 6.50. The van der Waals surface area contributed by atoms with Gasteiger partial charge in [-0.05, 0) is 6.07 Å². The van der Waals surface area contributed by atoms with Gasteiger partial charge in [0.1, 0.15) is 5.69 Å². The normalized spacial score (nSPS) is 26.2. The topological polar surface area (TPSA) is 51.1 Å². The van der Waals surface area contributed by atoms with Crippen LogP contribution >= 0.6 is 23.5 Å². The van der Waals surface area contributed by atoms with E-state index < -0.39 is 0 Å². The summed E-state index contributed by atoms with van der Waals surface area (Å²) in [7, 11) is 2.12. The van der Waals surface area contributed by atoms with Gasteiger partial charge in [-0.15, -0.1) is 0 Å². The molecule has 1 saturated heterocycles. The fraction of sp³-hybridized carbons (Fsp3) is 0.286. The molecule has 1 aromatic rings. The highest BCUT2D eigenvalue weighted by molar-refractivity contribution is 8.04. The van der Waals surface area contributed by atoms with Crippen LogP contribution in [0.3, 0.4) is 0 Å². The van der Waals surface area contributed by atoms with Crippen LogP contribution < -0.4 is 4.90 Å². The maximum Gasteiger partial charge on any atom is 0.294 e. The molecule has 1 aromatic carbocycles. The minimum absolute atomic E-state index is 0.00938. The number of carbonyl (C=O) groups excluding carboxylic acids is 2. The number of ether oxygens (including phenoxy) is 1. The summed E-state index contributed by atoms with van der Waals surface area (Å²) >= 11 is 3.27. The molecule has 110 valence electrons. The molecule has 0 aliphatic carbocycles. The minimum atomic E-state index is -0.0220. The Hall–Kier alpha value is -1.44. The zero-order chi connectivity index (χ0) is 14.8. The second kappa shape index (κ2) is 6.13. The summed E-state index contributed by atoms with van der Waals surface area (Å²) in [6, 6.07) is 8.31. The number of likely N-dealkylation sites (N-methyl/N-ethyl adjacent to an activating group) is 1. The van der Waals surface area contributed by atoms with Crippen LogP contribution in [0.2, 0.25) is 0 Å². The van der Waals surface area contributed by atoms with Gasteiger partial charge in [-0.25, -0.2) is 0 Å². The van der Waals surface area contributed by atoms with Crippen molar-refractivity contribution >= 4 is 41.6 Å². The fourth-order valence-corrected chi connectivity index (χ4v) is 4.70. The van der Waals surface area contributed by atoms with E-state index in [4.69, 9.17) is 4.74 Å². The lowest BCUT2D eigenvalue weighted by Gasteiger charge is -2.18. The Morgan fingerprint density at radius 3 is 3.05 bits per heavy atom. The number of carbonyl (C=O) groups is 2. The van der Waals surface area contributed by atoms with E-state index in [0.717, 1.165) is 5.03 Å². The van der Waals surface area contributed by atoms with Gasteiger partial charge in [-0.3, -0.25) is 19.4 Å². The molecule has 0 saturated carbocycles. The van der Waals surface area contributed by atoms with Gasteiger partial charge in [0.2, 0.25) is 5.91 Å². The van der Waals surface area contributed by atoms with Gasteiger partial charge < -0.3 is 4.74 Å². The molecule has 21 heavy (non-hydrogen) atoms. The van der Waals surface area contributed by atoms with Crippen molar-refractivity contribution in [3.05, 3.63) is 35.4 Å². The van der Waals surface area contributed by atoms with E-state index in [-0.39, 0.29) is 18.0 Å². The summed E-state index contributed by atoms with van der Waals surface area (Å²) in [4.78, 5) is 26.2. The predicted octanol–water partition coefficient (Wildman–Crippen LogP) is 0.812. The molecule has 2 unspecified atom stereocenters. The minimum Gasteiger partial charge on any atom is -0.446 e. The summed E-state index contributed by atoms with van der Waals surface area (Å²) in [5, 5.41) is 1.08. The van der Waals surface area contributed by atoms with Crippen molar-refractivity contribution in [2.45, 2.75) is 10.3 Å². The average Bonchev–Trinajstić information content (AvgIpc) is 2.99. The van der Waals surface area contributed by atoms with Crippen LogP contribution in [0.4, 0.5) is 5.69 Å². The van der Waals surface area contributed by atoms with Crippen LogP contribution in [0.25, 0.3) is 0 Å². The van der Waals surface area contributed by atoms with E-state index in [1.807, 2.05) is 12.1 Å². The molecule has 3 rings (SSSR count). The molecule has 2 atom stereocenters. The number of benzene rings is 1. The third kappa shape index (κ3) is 2.81. The Kier molecular flexibility index (Phi) is 4.23. The number of hydrogen-bond acceptors (Lipinski definition) is 5. The molecule has 0 aromatic heterocycles. The second-order valence-electron chi connectivity index (χ2n) is 4.72. The maximum absolute atomic E-state index is 11.8. The van der Waals surface area contributed by atoms with Crippen molar-refractivity contribution in [3.8, 4) is 0 Å². The highest BCUT2D eigenvalue weighted by Crippen LogP contribution is 2.36. The lowest BCUT2D eigenvalue weighted by molar-refractivity contribution is -0.812. The predicted molar refractivity (Wildman–Crippen MR) is 82.0 cm³/mol. The Labute approximate surface area is 131 Å². The van der Waals surface area contributed by atoms with Gasteiger partial charge >= 0.3 is 0 Å². The fourth-order valence-electron chi connectivity index (χ4n) is 2.36. The second-order valence-corrected chi connectivity index (χ2v) is 6.90. The zero-order valence-electron chi connectivity index (χ0n) is 11.4. The number of para-hydroxylation sites is 1. The van der Waals surface area contributed by atoms with Crippen molar-refractivity contribution < 1.29 is 19.2 Å². The first kappa shape index (κ1) is 14.5. The number of quaternary nitrogens is 1. The molecule has 1 N–H and O–H groups in total. The summed E-state index contributed by atoms with van der Waals surface area (Å²) in [5.74, 6) is 0.378. The number of amides is 1. The van der Waals surface area contributed by atoms with E-state index in [0.29, 0.717) is 12.2 Å². The van der Waals surface area contributed by atoms with Gasteiger partial charge in [-0.1, -0.05) is 35.7 Å². The number of rotatable bonds is 4. The van der Waals surface area contributed by atoms with E-state index in [2.05, 4.69) is 25.3 Å². The number of thioether (sulfide) groups is 2. The number of nitrogens with one attached hydrogen (secondary N) is 1. The highest BCUT2D eigenvalue weighted by atomic mass is 32.2. The molecule has 1 amide bonds.